The molecule has 4 nitrogen and oxygen atoms in total. The van der Waals surface area contributed by atoms with Crippen LogP contribution in [-0.2, 0) is 9.47 Å². The highest BCUT2D eigenvalue weighted by molar-refractivity contribution is 5.96. The van der Waals surface area contributed by atoms with Crippen LogP contribution in [0.1, 0.15) is 19.8 Å². The van der Waals surface area contributed by atoms with Crippen molar-refractivity contribution in [2.45, 2.75) is 26.1 Å². The third-order valence-corrected chi connectivity index (χ3v) is 2.32. The van der Waals surface area contributed by atoms with Gasteiger partial charge in [-0.2, -0.15) is 4.99 Å². The Bertz CT molecular complexity index is 308. The van der Waals surface area contributed by atoms with Crippen molar-refractivity contribution in [3.63, 3.8) is 0 Å². The van der Waals surface area contributed by atoms with E-state index >= 15 is 0 Å². The number of unbranched alkanes of at least 4 members (excludes halogenated alkanes) is 1. The molecule has 1 aliphatic rings. The van der Waals surface area contributed by atoms with E-state index in [1.165, 1.54) is 0 Å². The molecular weight excluding hydrogens is 204 g/mol. The lowest BCUT2D eigenvalue weighted by Gasteiger charge is -2.27. The average molecular weight is 224 g/mol. The third-order valence-electron chi connectivity index (χ3n) is 2.32. The molecule has 0 aromatic carbocycles. The summed E-state index contributed by atoms with van der Waals surface area (Å²) < 4.78 is 10.4. The van der Waals surface area contributed by atoms with Gasteiger partial charge in [0.1, 0.15) is 0 Å². The molecule has 0 aromatic heterocycles. The molecule has 16 heavy (non-hydrogen) atoms. The van der Waals surface area contributed by atoms with Crippen LogP contribution in [0.4, 0.5) is 0 Å². The molecular formula is C12H20N2O2. The van der Waals surface area contributed by atoms with Gasteiger partial charge >= 0.3 is 0 Å². The molecule has 0 saturated carbocycles. The highest BCUT2D eigenvalue weighted by Crippen LogP contribution is 2.15. The Morgan fingerprint density at radius 2 is 2.25 bits per heavy atom. The number of hydrogen-bond acceptors (Lipinski definition) is 4. The third kappa shape index (κ3) is 3.10. The minimum absolute atomic E-state index is 0.293. The van der Waals surface area contributed by atoms with E-state index in [9.17, 15) is 0 Å². The normalized spacial score (nSPS) is 21.0. The van der Waals surface area contributed by atoms with Crippen molar-refractivity contribution < 1.29 is 9.47 Å². The first-order chi connectivity index (χ1) is 7.72. The van der Waals surface area contributed by atoms with Gasteiger partial charge in [0, 0.05) is 20.4 Å². The van der Waals surface area contributed by atoms with E-state index in [4.69, 9.17) is 9.47 Å². The maximum Gasteiger partial charge on any atom is 0.230 e. The van der Waals surface area contributed by atoms with Gasteiger partial charge in [-0.05, 0) is 6.42 Å². The quantitative estimate of drug-likeness (QED) is 0.733. The van der Waals surface area contributed by atoms with Crippen LogP contribution in [-0.4, -0.2) is 38.4 Å². The first kappa shape index (κ1) is 12.8. The Hall–Kier alpha value is -1.29. The molecule has 0 fully saturated rings. The summed E-state index contributed by atoms with van der Waals surface area (Å²) in [4.78, 5) is 6.25. The largest absolute Gasteiger partial charge is 0.481 e. The molecule has 0 saturated heterocycles. The molecule has 0 unspecified atom stereocenters. The second kappa shape index (κ2) is 6.33. The van der Waals surface area contributed by atoms with Gasteiger partial charge in [-0.15, -0.1) is 0 Å². The van der Waals surface area contributed by atoms with E-state index in [1.54, 1.807) is 14.2 Å². The molecule has 0 N–H and O–H groups in total. The summed E-state index contributed by atoms with van der Waals surface area (Å²) in [5, 5.41) is 0. The number of allylic oxidation sites excluding steroid dienone is 1. The zero-order valence-corrected chi connectivity index (χ0v) is 10.4. The number of hydrogen-bond donors (Lipinski definition) is 0. The molecule has 0 bridgehead atoms. The smallest absolute Gasteiger partial charge is 0.230 e. The zero-order chi connectivity index (χ0) is 12.0. The molecule has 0 aliphatic carbocycles. The molecule has 1 rings (SSSR count). The first-order valence-electron chi connectivity index (χ1n) is 5.48. The molecule has 90 valence electrons. The van der Waals surface area contributed by atoms with Gasteiger partial charge in [-0.25, -0.2) is 0 Å². The van der Waals surface area contributed by atoms with Gasteiger partial charge in [0.25, 0.3) is 0 Å². The Balaban J connectivity index is 2.79. The molecule has 0 amide bonds. The molecule has 0 spiro atoms. The predicted molar refractivity (Wildman–Crippen MR) is 65.1 cm³/mol. The minimum atomic E-state index is -0.293. The summed E-state index contributed by atoms with van der Waals surface area (Å²) in [6, 6.07) is 0. The van der Waals surface area contributed by atoms with Gasteiger partial charge in [0.2, 0.25) is 12.2 Å². The van der Waals surface area contributed by atoms with Crippen LogP contribution < -0.4 is 0 Å². The zero-order valence-electron chi connectivity index (χ0n) is 10.4. The van der Waals surface area contributed by atoms with Crippen molar-refractivity contribution in [3.8, 4) is 0 Å². The SMILES string of the molecule is CCCC=CC1=CN(C)[C@H](OC)N=C1OC. The van der Waals surface area contributed by atoms with Crippen LogP contribution in [0.25, 0.3) is 0 Å². The molecule has 1 heterocycles. The maximum absolute atomic E-state index is 5.24. The van der Waals surface area contributed by atoms with Gasteiger partial charge < -0.3 is 14.4 Å². The first-order valence-corrected chi connectivity index (χ1v) is 5.48. The number of ether oxygens (including phenoxy) is 2. The van der Waals surface area contributed by atoms with Crippen LogP contribution >= 0.6 is 0 Å². The molecule has 4 heteroatoms. The molecule has 1 aliphatic heterocycles. The number of methoxy groups -OCH3 is 2. The summed E-state index contributed by atoms with van der Waals surface area (Å²) in [6.07, 6.45) is 8.05. The van der Waals surface area contributed by atoms with Gasteiger partial charge in [0.05, 0.1) is 12.7 Å². The van der Waals surface area contributed by atoms with Crippen molar-refractivity contribution in [1.29, 1.82) is 0 Å². The lowest BCUT2D eigenvalue weighted by atomic mass is 10.2. The predicted octanol–water partition coefficient (Wildman–Crippen LogP) is 2.15. The summed E-state index contributed by atoms with van der Waals surface area (Å²) in [5.41, 5.74) is 0.978. The fraction of sp³-hybridized carbons (Fsp3) is 0.583. The highest BCUT2D eigenvalue weighted by atomic mass is 16.5. The minimum Gasteiger partial charge on any atom is -0.481 e. The average Bonchev–Trinajstić information content (AvgIpc) is 2.30. The van der Waals surface area contributed by atoms with E-state index < -0.39 is 0 Å². The van der Waals surface area contributed by atoms with E-state index in [0.717, 1.165) is 18.4 Å². The van der Waals surface area contributed by atoms with Crippen LogP contribution in [0.2, 0.25) is 0 Å². The van der Waals surface area contributed by atoms with Gasteiger partial charge in [-0.3, -0.25) is 0 Å². The van der Waals surface area contributed by atoms with Crippen LogP contribution in [0.15, 0.2) is 28.9 Å². The van der Waals surface area contributed by atoms with Crippen molar-refractivity contribution in [2.75, 3.05) is 21.3 Å². The second-order valence-corrected chi connectivity index (χ2v) is 3.64. The van der Waals surface area contributed by atoms with Crippen LogP contribution in [0.3, 0.4) is 0 Å². The van der Waals surface area contributed by atoms with E-state index in [2.05, 4.69) is 18.0 Å². The second-order valence-electron chi connectivity index (χ2n) is 3.64. The summed E-state index contributed by atoms with van der Waals surface area (Å²) in [7, 11) is 5.18. The number of aliphatic imine (C=N–C) groups is 1. The van der Waals surface area contributed by atoms with Crippen LogP contribution in [0.5, 0.6) is 0 Å². The van der Waals surface area contributed by atoms with Crippen molar-refractivity contribution in [3.05, 3.63) is 23.9 Å². The Morgan fingerprint density at radius 3 is 2.81 bits per heavy atom. The van der Waals surface area contributed by atoms with Crippen LogP contribution in [0, 0.1) is 0 Å². The van der Waals surface area contributed by atoms with Crippen molar-refractivity contribution in [2.24, 2.45) is 4.99 Å². The van der Waals surface area contributed by atoms with E-state index in [0.29, 0.717) is 5.90 Å². The Morgan fingerprint density at radius 1 is 1.50 bits per heavy atom. The van der Waals surface area contributed by atoms with Gasteiger partial charge in [0.15, 0.2) is 0 Å². The highest BCUT2D eigenvalue weighted by Gasteiger charge is 2.19. The Labute approximate surface area is 97.3 Å². The Kier molecular flexibility index (Phi) is 5.05. The molecule has 0 radical (unpaired) electrons. The van der Waals surface area contributed by atoms with Gasteiger partial charge in [-0.1, -0.05) is 25.5 Å². The summed E-state index contributed by atoms with van der Waals surface area (Å²) >= 11 is 0. The summed E-state index contributed by atoms with van der Waals surface area (Å²) in [6.45, 7) is 2.15. The monoisotopic (exact) mass is 224 g/mol. The number of nitrogens with zero attached hydrogens (tertiary/aromatic N) is 2. The molecule has 0 aromatic rings. The summed E-state index contributed by atoms with van der Waals surface area (Å²) in [5.74, 6) is 0.623. The van der Waals surface area contributed by atoms with Crippen molar-refractivity contribution >= 4 is 5.90 Å². The number of rotatable bonds is 4. The topological polar surface area (TPSA) is 34.1 Å². The maximum atomic E-state index is 5.24. The molecule has 1 atom stereocenters. The lowest BCUT2D eigenvalue weighted by Crippen LogP contribution is -2.33. The van der Waals surface area contributed by atoms with Crippen molar-refractivity contribution in [1.82, 2.24) is 4.90 Å². The van der Waals surface area contributed by atoms with E-state index in [-0.39, 0.29) is 6.35 Å². The van der Waals surface area contributed by atoms with E-state index in [1.807, 2.05) is 24.2 Å². The lowest BCUT2D eigenvalue weighted by molar-refractivity contribution is 0.0114. The fourth-order valence-electron chi connectivity index (χ4n) is 1.49. The fourth-order valence-corrected chi connectivity index (χ4v) is 1.49. The standard InChI is InChI=1S/C12H20N2O2/c1-5-6-7-8-10-9-14(2)12(16-4)13-11(10)15-3/h7-9,12H,5-6H2,1-4H3/t12-/m1/s1.